The molecular weight excluding hydrogens is 403 g/mol. The number of esters is 1. The number of alkyl halides is 2. The third-order valence-corrected chi connectivity index (χ3v) is 4.22. The van der Waals surface area contributed by atoms with E-state index in [1.165, 1.54) is 36.2 Å². The quantitative estimate of drug-likeness (QED) is 0.626. The van der Waals surface area contributed by atoms with Crippen molar-refractivity contribution in [1.29, 1.82) is 0 Å². The first kappa shape index (κ1) is 20.9. The summed E-state index contributed by atoms with van der Waals surface area (Å²) >= 11 is 11.8. The molecule has 0 aliphatic heterocycles. The normalized spacial score (nSPS) is 10.6. The molecule has 0 atom stereocenters. The second-order valence-corrected chi connectivity index (χ2v) is 6.26. The number of halogens is 4. The van der Waals surface area contributed by atoms with Crippen molar-refractivity contribution in [3.8, 4) is 5.75 Å². The maximum absolute atomic E-state index is 12.4. The highest BCUT2D eigenvalue weighted by Crippen LogP contribution is 2.23. The molecule has 0 aromatic heterocycles. The maximum Gasteiger partial charge on any atom is 0.387 e. The largest absolute Gasteiger partial charge is 0.452 e. The molecule has 144 valence electrons. The predicted octanol–water partition coefficient (Wildman–Crippen LogP) is 4.41. The molecule has 0 heterocycles. The van der Waals surface area contributed by atoms with Crippen molar-refractivity contribution < 1.29 is 27.8 Å². The zero-order valence-corrected chi connectivity index (χ0v) is 15.6. The highest BCUT2D eigenvalue weighted by atomic mass is 35.5. The van der Waals surface area contributed by atoms with E-state index >= 15 is 0 Å². The molecule has 1 amide bonds. The SMILES string of the molecule is CN(Cc1ccc(Cl)c(Cl)c1)C(=O)COC(=O)c1ccccc1OC(F)F. The Morgan fingerprint density at radius 3 is 2.48 bits per heavy atom. The van der Waals surface area contributed by atoms with Crippen LogP contribution in [0.1, 0.15) is 15.9 Å². The van der Waals surface area contributed by atoms with Crippen molar-refractivity contribution in [2.75, 3.05) is 13.7 Å². The average molecular weight is 418 g/mol. The average Bonchev–Trinajstić information content (AvgIpc) is 2.62. The number of nitrogens with zero attached hydrogens (tertiary/aromatic N) is 1. The smallest absolute Gasteiger partial charge is 0.387 e. The second-order valence-electron chi connectivity index (χ2n) is 5.45. The number of para-hydroxylation sites is 1. The van der Waals surface area contributed by atoms with Crippen molar-refractivity contribution in [3.05, 3.63) is 63.6 Å². The van der Waals surface area contributed by atoms with Crippen LogP contribution in [0.4, 0.5) is 8.78 Å². The number of likely N-dealkylation sites (N-methyl/N-ethyl adjacent to an activating group) is 1. The summed E-state index contributed by atoms with van der Waals surface area (Å²) in [6, 6.07) is 10.3. The molecule has 2 aromatic carbocycles. The zero-order chi connectivity index (χ0) is 20.0. The highest BCUT2D eigenvalue weighted by molar-refractivity contribution is 6.42. The van der Waals surface area contributed by atoms with Gasteiger partial charge in [0, 0.05) is 13.6 Å². The lowest BCUT2D eigenvalue weighted by molar-refractivity contribution is -0.133. The Labute approximate surface area is 164 Å². The fourth-order valence-electron chi connectivity index (χ4n) is 2.15. The highest BCUT2D eigenvalue weighted by Gasteiger charge is 2.19. The molecule has 0 saturated carbocycles. The van der Waals surface area contributed by atoms with E-state index in [-0.39, 0.29) is 17.9 Å². The van der Waals surface area contributed by atoms with E-state index in [4.69, 9.17) is 27.9 Å². The number of hydrogen-bond donors (Lipinski definition) is 0. The topological polar surface area (TPSA) is 55.8 Å². The molecule has 2 rings (SSSR count). The van der Waals surface area contributed by atoms with E-state index in [2.05, 4.69) is 4.74 Å². The Morgan fingerprint density at radius 1 is 1.11 bits per heavy atom. The predicted molar refractivity (Wildman–Crippen MR) is 96.3 cm³/mol. The summed E-state index contributed by atoms with van der Waals surface area (Å²) in [5.41, 5.74) is 0.542. The number of hydrogen-bond acceptors (Lipinski definition) is 4. The summed E-state index contributed by atoms with van der Waals surface area (Å²) in [5.74, 6) is -1.75. The van der Waals surface area contributed by atoms with Gasteiger partial charge in [-0.1, -0.05) is 41.4 Å². The number of ether oxygens (including phenoxy) is 2. The fraction of sp³-hybridized carbons (Fsp3) is 0.222. The van der Waals surface area contributed by atoms with Crippen LogP contribution in [0.25, 0.3) is 0 Å². The number of rotatable bonds is 7. The molecule has 0 radical (unpaired) electrons. The zero-order valence-electron chi connectivity index (χ0n) is 14.1. The molecule has 0 unspecified atom stereocenters. The molecule has 0 aliphatic rings. The minimum Gasteiger partial charge on any atom is -0.452 e. The summed E-state index contributed by atoms with van der Waals surface area (Å²) in [6.07, 6.45) is 0. The molecule has 2 aromatic rings. The fourth-order valence-corrected chi connectivity index (χ4v) is 2.47. The van der Waals surface area contributed by atoms with Gasteiger partial charge in [0.15, 0.2) is 6.61 Å². The molecule has 0 fully saturated rings. The summed E-state index contributed by atoms with van der Waals surface area (Å²) < 4.78 is 34.0. The van der Waals surface area contributed by atoms with Gasteiger partial charge in [-0.3, -0.25) is 4.79 Å². The van der Waals surface area contributed by atoms with E-state index in [9.17, 15) is 18.4 Å². The molecule has 0 saturated heterocycles. The summed E-state index contributed by atoms with van der Waals surface area (Å²) in [7, 11) is 1.52. The molecule has 27 heavy (non-hydrogen) atoms. The van der Waals surface area contributed by atoms with E-state index in [1.54, 1.807) is 18.2 Å². The number of benzene rings is 2. The van der Waals surface area contributed by atoms with Gasteiger partial charge in [0.1, 0.15) is 11.3 Å². The van der Waals surface area contributed by atoms with E-state index in [0.29, 0.717) is 10.0 Å². The van der Waals surface area contributed by atoms with Crippen molar-refractivity contribution in [3.63, 3.8) is 0 Å². The van der Waals surface area contributed by atoms with Gasteiger partial charge in [0.05, 0.1) is 10.0 Å². The van der Waals surface area contributed by atoms with Gasteiger partial charge >= 0.3 is 12.6 Å². The molecule has 0 spiro atoms. The van der Waals surface area contributed by atoms with Gasteiger partial charge in [-0.2, -0.15) is 8.78 Å². The Bertz CT molecular complexity index is 833. The van der Waals surface area contributed by atoms with E-state index < -0.39 is 25.1 Å². The van der Waals surface area contributed by atoms with Crippen LogP contribution in [0.3, 0.4) is 0 Å². The van der Waals surface area contributed by atoms with Crippen LogP contribution in [0.5, 0.6) is 5.75 Å². The third-order valence-electron chi connectivity index (χ3n) is 3.48. The molecule has 9 heteroatoms. The third kappa shape index (κ3) is 6.08. The van der Waals surface area contributed by atoms with Gasteiger partial charge < -0.3 is 14.4 Å². The molecule has 0 aliphatic carbocycles. The van der Waals surface area contributed by atoms with Crippen LogP contribution < -0.4 is 4.74 Å². The first-order valence-corrected chi connectivity index (χ1v) is 8.42. The van der Waals surface area contributed by atoms with Crippen LogP contribution in [-0.4, -0.2) is 37.0 Å². The Balaban J connectivity index is 1.94. The minimum atomic E-state index is -3.09. The van der Waals surface area contributed by atoms with Gasteiger partial charge in [-0.25, -0.2) is 4.79 Å². The van der Waals surface area contributed by atoms with Crippen molar-refractivity contribution in [2.45, 2.75) is 13.2 Å². The van der Waals surface area contributed by atoms with Crippen molar-refractivity contribution >= 4 is 35.1 Å². The van der Waals surface area contributed by atoms with Crippen LogP contribution in [0.15, 0.2) is 42.5 Å². The van der Waals surface area contributed by atoms with Crippen LogP contribution in [0, 0.1) is 0 Å². The van der Waals surface area contributed by atoms with Gasteiger partial charge in [0.25, 0.3) is 5.91 Å². The molecule has 0 N–H and O–H groups in total. The lowest BCUT2D eigenvalue weighted by Crippen LogP contribution is -2.30. The van der Waals surface area contributed by atoms with E-state index in [0.717, 1.165) is 5.56 Å². The summed E-state index contributed by atoms with van der Waals surface area (Å²) in [6.45, 7) is -3.42. The standard InChI is InChI=1S/C18H15Cl2F2NO4/c1-23(9-11-6-7-13(19)14(20)8-11)16(24)10-26-17(25)12-4-2-3-5-15(12)27-18(21)22/h2-8,18H,9-10H2,1H3. The Morgan fingerprint density at radius 2 is 1.81 bits per heavy atom. The van der Waals surface area contributed by atoms with E-state index in [1.807, 2.05) is 0 Å². The number of carbonyl (C=O) groups is 2. The number of carbonyl (C=O) groups excluding carboxylic acids is 2. The van der Waals surface area contributed by atoms with Crippen LogP contribution in [0.2, 0.25) is 10.0 Å². The monoisotopic (exact) mass is 417 g/mol. The second kappa shape index (κ2) is 9.53. The lowest BCUT2D eigenvalue weighted by Gasteiger charge is -2.18. The first-order valence-electron chi connectivity index (χ1n) is 7.66. The lowest BCUT2D eigenvalue weighted by atomic mass is 10.2. The minimum absolute atomic E-state index is 0.197. The van der Waals surface area contributed by atoms with Crippen molar-refractivity contribution in [1.82, 2.24) is 4.90 Å². The Hall–Kier alpha value is -2.38. The van der Waals surface area contributed by atoms with Gasteiger partial charge in [-0.05, 0) is 29.8 Å². The molecular formula is C18H15Cl2F2NO4. The van der Waals surface area contributed by atoms with Gasteiger partial charge in [-0.15, -0.1) is 0 Å². The Kier molecular flexibility index (Phi) is 7.38. The maximum atomic E-state index is 12.4. The number of amides is 1. The molecule has 0 bridgehead atoms. The summed E-state index contributed by atoms with van der Waals surface area (Å²) in [4.78, 5) is 25.5. The first-order chi connectivity index (χ1) is 12.8. The van der Waals surface area contributed by atoms with Crippen LogP contribution in [-0.2, 0) is 16.1 Å². The summed E-state index contributed by atoms with van der Waals surface area (Å²) in [5, 5.41) is 0.755. The molecule has 5 nitrogen and oxygen atoms in total. The van der Waals surface area contributed by atoms with Crippen LogP contribution >= 0.6 is 23.2 Å². The van der Waals surface area contributed by atoms with Crippen molar-refractivity contribution in [2.24, 2.45) is 0 Å². The van der Waals surface area contributed by atoms with Gasteiger partial charge in [0.2, 0.25) is 0 Å².